The summed E-state index contributed by atoms with van der Waals surface area (Å²) in [6.45, 7) is 7.91. The molecule has 2 aromatic rings. The van der Waals surface area contributed by atoms with Gasteiger partial charge in [-0.25, -0.2) is 0 Å². The van der Waals surface area contributed by atoms with Gasteiger partial charge < -0.3 is 24.9 Å². The van der Waals surface area contributed by atoms with Crippen molar-refractivity contribution in [3.05, 3.63) is 23.8 Å². The zero-order valence-electron chi connectivity index (χ0n) is 15.9. The van der Waals surface area contributed by atoms with Crippen LogP contribution in [0.5, 0.6) is 0 Å². The fraction of sp³-hybridized carbons (Fsp3) is 0.550. The molecular formula is C20H27N5O2. The van der Waals surface area contributed by atoms with E-state index >= 15 is 0 Å². The number of rotatable bonds is 6. The van der Waals surface area contributed by atoms with Crippen molar-refractivity contribution < 1.29 is 9.26 Å². The first-order valence-corrected chi connectivity index (χ1v) is 9.72. The van der Waals surface area contributed by atoms with Crippen LogP contribution in [0.1, 0.15) is 32.3 Å². The second kappa shape index (κ2) is 7.68. The Morgan fingerprint density at radius 2 is 2.00 bits per heavy atom. The normalized spacial score (nSPS) is 18.6. The van der Waals surface area contributed by atoms with Gasteiger partial charge in [-0.2, -0.15) is 4.98 Å². The number of anilines is 2. The van der Waals surface area contributed by atoms with Crippen LogP contribution in [-0.2, 0) is 4.74 Å². The Bertz CT molecular complexity index is 791. The zero-order chi connectivity index (χ0) is 18.8. The number of nitrogens with one attached hydrogen (secondary N) is 2. The summed E-state index contributed by atoms with van der Waals surface area (Å²) in [5.41, 5.74) is 2.64. The van der Waals surface area contributed by atoms with Crippen LogP contribution in [0.25, 0.3) is 11.4 Å². The van der Waals surface area contributed by atoms with Gasteiger partial charge in [-0.15, -0.1) is 0 Å². The lowest BCUT2D eigenvalue weighted by atomic mass is 9.83. The van der Waals surface area contributed by atoms with E-state index in [2.05, 4.69) is 34.2 Å². The number of hydrogen-bond donors (Lipinski definition) is 2. The molecule has 0 spiro atoms. The number of ether oxygens (including phenoxy) is 1. The molecule has 1 aromatic carbocycles. The molecule has 7 nitrogen and oxygen atoms in total. The van der Waals surface area contributed by atoms with E-state index in [-0.39, 0.29) is 6.04 Å². The Kier molecular flexibility index (Phi) is 5.11. The Labute approximate surface area is 159 Å². The van der Waals surface area contributed by atoms with Crippen molar-refractivity contribution >= 4 is 17.9 Å². The van der Waals surface area contributed by atoms with Crippen molar-refractivity contribution in [3.8, 4) is 11.4 Å². The van der Waals surface area contributed by atoms with Crippen LogP contribution in [-0.4, -0.2) is 48.7 Å². The van der Waals surface area contributed by atoms with E-state index in [1.54, 1.807) is 0 Å². The van der Waals surface area contributed by atoms with E-state index in [1.807, 2.05) is 18.2 Å². The maximum atomic E-state index is 7.58. The molecule has 0 aliphatic carbocycles. The molecule has 3 heterocycles. The molecule has 4 rings (SSSR count). The number of benzene rings is 1. The third-order valence-electron chi connectivity index (χ3n) is 5.47. The Morgan fingerprint density at radius 1 is 1.22 bits per heavy atom. The first-order chi connectivity index (χ1) is 13.1. The van der Waals surface area contributed by atoms with E-state index in [0.29, 0.717) is 11.8 Å². The highest BCUT2D eigenvalue weighted by atomic mass is 16.5. The SMILES string of the molecule is CC(C)Nc1cc(-c2noc(N3CCC(C4COC4)CC3)n2)ccc1C=N. The lowest BCUT2D eigenvalue weighted by Gasteiger charge is -2.38. The quantitative estimate of drug-likeness (QED) is 0.759. The minimum absolute atomic E-state index is 0.280. The summed E-state index contributed by atoms with van der Waals surface area (Å²) in [7, 11) is 0. The summed E-state index contributed by atoms with van der Waals surface area (Å²) in [5.74, 6) is 2.09. The molecule has 0 radical (unpaired) electrons. The average molecular weight is 369 g/mol. The highest BCUT2D eigenvalue weighted by Gasteiger charge is 2.32. The smallest absolute Gasteiger partial charge is 0.324 e. The topological polar surface area (TPSA) is 87.3 Å². The van der Waals surface area contributed by atoms with Gasteiger partial charge in [0.1, 0.15) is 0 Å². The van der Waals surface area contributed by atoms with Gasteiger partial charge in [-0.1, -0.05) is 17.3 Å². The molecule has 0 bridgehead atoms. The van der Waals surface area contributed by atoms with Crippen LogP contribution in [0.2, 0.25) is 0 Å². The van der Waals surface area contributed by atoms with E-state index in [0.717, 1.165) is 67.8 Å². The van der Waals surface area contributed by atoms with Crippen molar-refractivity contribution in [1.29, 1.82) is 5.41 Å². The van der Waals surface area contributed by atoms with Gasteiger partial charge >= 0.3 is 6.01 Å². The van der Waals surface area contributed by atoms with Gasteiger partial charge in [-0.3, -0.25) is 0 Å². The maximum absolute atomic E-state index is 7.58. The Balaban J connectivity index is 1.47. The van der Waals surface area contributed by atoms with E-state index < -0.39 is 0 Å². The summed E-state index contributed by atoms with van der Waals surface area (Å²) >= 11 is 0. The minimum Gasteiger partial charge on any atom is -0.382 e. The van der Waals surface area contributed by atoms with Crippen LogP contribution in [0.4, 0.5) is 11.7 Å². The molecule has 0 amide bonds. The molecule has 144 valence electrons. The standard InChI is InChI=1S/C20H27N5O2/c1-13(2)22-18-9-15(3-4-16(18)10-21)19-23-20(27-24-19)25-7-5-14(6-8-25)17-11-26-12-17/h3-4,9-10,13-14,17,21-22H,5-8,11-12H2,1-2H3. The molecule has 2 fully saturated rings. The number of hydrogen-bond acceptors (Lipinski definition) is 7. The van der Waals surface area contributed by atoms with Gasteiger partial charge in [0.15, 0.2) is 0 Å². The number of aromatic nitrogens is 2. The number of piperidine rings is 1. The highest BCUT2D eigenvalue weighted by molar-refractivity contribution is 5.87. The lowest BCUT2D eigenvalue weighted by molar-refractivity contribution is -0.0652. The Hall–Kier alpha value is -2.41. The van der Waals surface area contributed by atoms with Gasteiger partial charge in [0.05, 0.1) is 13.2 Å². The number of nitrogens with zero attached hydrogens (tertiary/aromatic N) is 3. The summed E-state index contributed by atoms with van der Waals surface area (Å²) in [5, 5.41) is 15.1. The van der Waals surface area contributed by atoms with Crippen LogP contribution in [0.15, 0.2) is 22.7 Å². The fourth-order valence-corrected chi connectivity index (χ4v) is 3.81. The molecule has 0 atom stereocenters. The van der Waals surface area contributed by atoms with Crippen LogP contribution in [0, 0.1) is 17.2 Å². The van der Waals surface area contributed by atoms with Crippen molar-refractivity contribution in [1.82, 2.24) is 10.1 Å². The van der Waals surface area contributed by atoms with Gasteiger partial charge in [0, 0.05) is 48.1 Å². The molecule has 0 unspecified atom stereocenters. The average Bonchev–Trinajstić information content (AvgIpc) is 3.10. The third kappa shape index (κ3) is 3.83. The third-order valence-corrected chi connectivity index (χ3v) is 5.47. The molecular weight excluding hydrogens is 342 g/mol. The molecule has 27 heavy (non-hydrogen) atoms. The van der Waals surface area contributed by atoms with E-state index in [4.69, 9.17) is 14.7 Å². The summed E-state index contributed by atoms with van der Waals surface area (Å²) in [6.07, 6.45) is 3.66. The van der Waals surface area contributed by atoms with Crippen LogP contribution in [0.3, 0.4) is 0 Å². The molecule has 1 aromatic heterocycles. The predicted octanol–water partition coefficient (Wildman–Crippen LogP) is 3.42. The molecule has 2 aliphatic rings. The molecule has 7 heteroatoms. The van der Waals surface area contributed by atoms with E-state index in [9.17, 15) is 0 Å². The van der Waals surface area contributed by atoms with Crippen LogP contribution >= 0.6 is 0 Å². The second-order valence-electron chi connectivity index (χ2n) is 7.77. The highest BCUT2D eigenvalue weighted by Crippen LogP contribution is 2.32. The minimum atomic E-state index is 0.280. The first-order valence-electron chi connectivity index (χ1n) is 9.72. The molecule has 2 N–H and O–H groups in total. The van der Waals surface area contributed by atoms with Gasteiger partial charge in [0.2, 0.25) is 5.82 Å². The largest absolute Gasteiger partial charge is 0.382 e. The first kappa shape index (κ1) is 18.0. The zero-order valence-corrected chi connectivity index (χ0v) is 15.9. The van der Waals surface area contributed by atoms with Gasteiger partial charge in [0.25, 0.3) is 0 Å². The van der Waals surface area contributed by atoms with Crippen LogP contribution < -0.4 is 10.2 Å². The van der Waals surface area contributed by atoms with Crippen molar-refractivity contribution in [2.75, 3.05) is 36.5 Å². The molecule has 0 saturated carbocycles. The fourth-order valence-electron chi connectivity index (χ4n) is 3.81. The Morgan fingerprint density at radius 3 is 2.63 bits per heavy atom. The van der Waals surface area contributed by atoms with E-state index in [1.165, 1.54) is 6.21 Å². The van der Waals surface area contributed by atoms with Crippen molar-refractivity contribution in [2.45, 2.75) is 32.7 Å². The molecule has 2 saturated heterocycles. The van der Waals surface area contributed by atoms with Crippen molar-refractivity contribution in [3.63, 3.8) is 0 Å². The second-order valence-corrected chi connectivity index (χ2v) is 7.77. The molecule has 2 aliphatic heterocycles. The summed E-state index contributed by atoms with van der Waals surface area (Å²) in [6, 6.07) is 6.71. The van der Waals surface area contributed by atoms with Gasteiger partial charge in [-0.05, 0) is 38.7 Å². The van der Waals surface area contributed by atoms with Crippen molar-refractivity contribution in [2.24, 2.45) is 11.8 Å². The maximum Gasteiger partial charge on any atom is 0.324 e. The predicted molar refractivity (Wildman–Crippen MR) is 106 cm³/mol. The summed E-state index contributed by atoms with van der Waals surface area (Å²) in [4.78, 5) is 6.81. The lowest BCUT2D eigenvalue weighted by Crippen LogP contribution is -2.42. The summed E-state index contributed by atoms with van der Waals surface area (Å²) < 4.78 is 10.9. The monoisotopic (exact) mass is 369 g/mol.